The molecule has 1 rings (SSSR count). The number of rotatable bonds is 4. The van der Waals surface area contributed by atoms with E-state index in [4.69, 9.17) is 0 Å². The summed E-state index contributed by atoms with van der Waals surface area (Å²) in [7, 11) is -0.691. The summed E-state index contributed by atoms with van der Waals surface area (Å²) >= 11 is 0. The van der Waals surface area contributed by atoms with Gasteiger partial charge in [0.05, 0.1) is 6.20 Å². The second kappa shape index (κ2) is 7.93. The third kappa shape index (κ3) is 4.71. The van der Waals surface area contributed by atoms with Gasteiger partial charge < -0.3 is 0 Å². The number of aromatic amines is 1. The standard InChI is InChI=1S/C8H21P.C2H3N3/c1-5-9(6-2,7-3)8-4;1-2-4-5-3-1/h9H,5-8H2,1-4H3;1-2H,(H,3,4,5). The monoisotopic (exact) mass is 217 g/mol. The maximum absolute atomic E-state index is 3.42. The maximum Gasteiger partial charge on any atom is 0.0690 e. The van der Waals surface area contributed by atoms with Crippen molar-refractivity contribution in [3.05, 3.63) is 12.4 Å². The van der Waals surface area contributed by atoms with Gasteiger partial charge in [0.1, 0.15) is 0 Å². The molecule has 1 aromatic heterocycles. The fraction of sp³-hybridized carbons (Fsp3) is 0.800. The second-order valence-electron chi connectivity index (χ2n) is 3.57. The van der Waals surface area contributed by atoms with E-state index in [1.165, 1.54) is 24.6 Å². The van der Waals surface area contributed by atoms with Gasteiger partial charge in [0.15, 0.2) is 0 Å². The van der Waals surface area contributed by atoms with E-state index >= 15 is 0 Å². The molecule has 0 radical (unpaired) electrons. The van der Waals surface area contributed by atoms with Crippen LogP contribution in [0.25, 0.3) is 0 Å². The first-order valence-corrected chi connectivity index (χ1v) is 8.37. The van der Waals surface area contributed by atoms with Crippen molar-refractivity contribution >= 4 is 7.26 Å². The fourth-order valence-corrected chi connectivity index (χ4v) is 4.67. The summed E-state index contributed by atoms with van der Waals surface area (Å²) in [5.41, 5.74) is 0. The predicted octanol–water partition coefficient (Wildman–Crippen LogP) is 2.62. The molecule has 0 aliphatic heterocycles. The Bertz CT molecular complexity index is 160. The summed E-state index contributed by atoms with van der Waals surface area (Å²) in [4.78, 5) is 0. The molecule has 0 aliphatic rings. The Hall–Kier alpha value is -0.430. The van der Waals surface area contributed by atoms with Gasteiger partial charge in [0, 0.05) is 6.20 Å². The van der Waals surface area contributed by atoms with Crippen molar-refractivity contribution in [3.8, 4) is 0 Å². The van der Waals surface area contributed by atoms with Gasteiger partial charge in [0.25, 0.3) is 0 Å². The number of hydrogen-bond donors (Lipinski definition) is 1. The van der Waals surface area contributed by atoms with Crippen molar-refractivity contribution in [1.29, 1.82) is 0 Å². The van der Waals surface area contributed by atoms with E-state index in [1.807, 2.05) is 0 Å². The molecule has 3 nitrogen and oxygen atoms in total. The van der Waals surface area contributed by atoms with E-state index in [0.29, 0.717) is 0 Å². The summed E-state index contributed by atoms with van der Waals surface area (Å²) < 4.78 is 0. The number of hydrogen-bond acceptors (Lipinski definition) is 2. The van der Waals surface area contributed by atoms with Crippen LogP contribution in [-0.4, -0.2) is 40.1 Å². The first-order chi connectivity index (χ1) is 6.74. The molecular formula is C10H24N3P. The number of nitrogens with one attached hydrogen (secondary N) is 1. The van der Waals surface area contributed by atoms with Gasteiger partial charge in [-0.1, -0.05) is 5.21 Å². The SMILES string of the molecule is CC[PH](CC)(CC)CC.c1c[nH]nn1. The van der Waals surface area contributed by atoms with Crippen LogP contribution >= 0.6 is 7.26 Å². The Labute approximate surface area is 88.0 Å². The summed E-state index contributed by atoms with van der Waals surface area (Å²) in [6.07, 6.45) is 9.17. The normalized spacial score (nSPS) is 11.7. The second-order valence-corrected chi connectivity index (χ2v) is 9.40. The Morgan fingerprint density at radius 1 is 1.00 bits per heavy atom. The molecule has 0 saturated heterocycles. The Morgan fingerprint density at radius 3 is 1.57 bits per heavy atom. The molecule has 0 spiro atoms. The summed E-state index contributed by atoms with van der Waals surface area (Å²) in [6, 6.07) is 0. The van der Waals surface area contributed by atoms with Gasteiger partial charge in [-0.2, -0.15) is 0 Å². The average molecular weight is 217 g/mol. The Balaban J connectivity index is 0.000000280. The predicted molar refractivity (Wildman–Crippen MR) is 66.9 cm³/mol. The number of H-pyrrole nitrogens is 1. The minimum Gasteiger partial charge on any atom is -0.266 e. The Kier molecular flexibility index (Phi) is 7.68. The fourth-order valence-electron chi connectivity index (χ4n) is 1.67. The molecule has 0 saturated carbocycles. The molecule has 0 atom stereocenters. The maximum atomic E-state index is 3.42. The molecule has 0 bridgehead atoms. The van der Waals surface area contributed by atoms with Crippen molar-refractivity contribution in [2.24, 2.45) is 0 Å². The third-order valence-electron chi connectivity index (χ3n) is 3.33. The van der Waals surface area contributed by atoms with E-state index in [0.717, 1.165) is 0 Å². The topological polar surface area (TPSA) is 41.6 Å². The van der Waals surface area contributed by atoms with E-state index in [2.05, 4.69) is 43.1 Å². The van der Waals surface area contributed by atoms with E-state index < -0.39 is 7.26 Å². The molecule has 84 valence electrons. The van der Waals surface area contributed by atoms with E-state index in [1.54, 1.807) is 12.4 Å². The molecule has 1 N–H and O–H groups in total. The van der Waals surface area contributed by atoms with E-state index in [-0.39, 0.29) is 0 Å². The van der Waals surface area contributed by atoms with Crippen LogP contribution in [0.4, 0.5) is 0 Å². The smallest absolute Gasteiger partial charge is 0.0690 e. The van der Waals surface area contributed by atoms with Crippen LogP contribution in [0.2, 0.25) is 0 Å². The van der Waals surface area contributed by atoms with Gasteiger partial charge in [-0.3, -0.25) is 5.10 Å². The van der Waals surface area contributed by atoms with Crippen molar-refractivity contribution < 1.29 is 0 Å². The van der Waals surface area contributed by atoms with Crippen LogP contribution in [-0.2, 0) is 0 Å². The third-order valence-corrected chi connectivity index (χ3v) is 9.33. The van der Waals surface area contributed by atoms with Crippen molar-refractivity contribution in [3.63, 3.8) is 0 Å². The van der Waals surface area contributed by atoms with Crippen LogP contribution in [0.1, 0.15) is 27.7 Å². The zero-order valence-electron chi connectivity index (χ0n) is 9.88. The number of aromatic nitrogens is 3. The molecule has 4 heteroatoms. The molecule has 0 aromatic carbocycles. The molecular weight excluding hydrogens is 193 g/mol. The minimum absolute atomic E-state index is 0.691. The molecule has 1 aromatic rings. The van der Waals surface area contributed by atoms with Crippen LogP contribution in [0, 0.1) is 0 Å². The van der Waals surface area contributed by atoms with E-state index in [9.17, 15) is 0 Å². The molecule has 14 heavy (non-hydrogen) atoms. The molecule has 1 heterocycles. The van der Waals surface area contributed by atoms with Crippen LogP contribution in [0.3, 0.4) is 0 Å². The number of nitrogens with zero attached hydrogens (tertiary/aromatic N) is 2. The molecule has 0 aliphatic carbocycles. The molecule has 0 unspecified atom stereocenters. The largest absolute Gasteiger partial charge is 0.266 e. The first-order valence-electron chi connectivity index (χ1n) is 5.55. The van der Waals surface area contributed by atoms with Gasteiger partial charge in [-0.15, -0.1) is 5.10 Å². The average Bonchev–Trinajstić information content (AvgIpc) is 2.80. The van der Waals surface area contributed by atoms with Gasteiger partial charge in [0.2, 0.25) is 0 Å². The van der Waals surface area contributed by atoms with Gasteiger partial charge >= 0.3 is 59.6 Å². The molecule has 0 amide bonds. The van der Waals surface area contributed by atoms with Gasteiger partial charge in [-0.25, -0.2) is 0 Å². The zero-order chi connectivity index (χ0) is 10.9. The van der Waals surface area contributed by atoms with Crippen LogP contribution in [0.5, 0.6) is 0 Å². The van der Waals surface area contributed by atoms with Crippen molar-refractivity contribution in [2.45, 2.75) is 27.7 Å². The summed E-state index contributed by atoms with van der Waals surface area (Å²) in [5.74, 6) is 0. The first kappa shape index (κ1) is 13.6. The summed E-state index contributed by atoms with van der Waals surface area (Å²) in [5, 5.41) is 9.26. The Morgan fingerprint density at radius 2 is 1.50 bits per heavy atom. The summed E-state index contributed by atoms with van der Waals surface area (Å²) in [6.45, 7) is 9.46. The van der Waals surface area contributed by atoms with Gasteiger partial charge in [-0.05, 0) is 0 Å². The quantitative estimate of drug-likeness (QED) is 0.788. The van der Waals surface area contributed by atoms with Crippen molar-refractivity contribution in [2.75, 3.05) is 24.6 Å². The zero-order valence-corrected chi connectivity index (χ0v) is 10.9. The van der Waals surface area contributed by atoms with Crippen LogP contribution < -0.4 is 0 Å². The van der Waals surface area contributed by atoms with Crippen LogP contribution in [0.15, 0.2) is 12.4 Å². The minimum atomic E-state index is -0.691. The molecule has 0 fully saturated rings. The van der Waals surface area contributed by atoms with Crippen molar-refractivity contribution in [1.82, 2.24) is 15.4 Å².